The Balaban J connectivity index is 0.00000225. The Morgan fingerprint density at radius 1 is 1.25 bits per heavy atom. The number of nitrogens with two attached hydrogens (primary N) is 1. The lowest BCUT2D eigenvalue weighted by Crippen LogP contribution is -2.06. The molecule has 0 unspecified atom stereocenters. The predicted octanol–water partition coefficient (Wildman–Crippen LogP) is 1.44. The van der Waals surface area contributed by atoms with E-state index in [0.29, 0.717) is 12.1 Å². The Morgan fingerprint density at radius 3 is 2.25 bits per heavy atom. The van der Waals surface area contributed by atoms with Crippen molar-refractivity contribution < 1.29 is 25.3 Å². The first-order valence-corrected chi connectivity index (χ1v) is 4.96. The zero-order valence-corrected chi connectivity index (χ0v) is 9.25. The molecule has 0 aliphatic carbocycles. The van der Waals surface area contributed by atoms with Crippen LogP contribution in [-0.2, 0) is 17.0 Å². The average Bonchev–Trinajstić information content (AvgIpc) is 2.08. The minimum Gasteiger partial charge on any atom is -0.355 e. The highest BCUT2D eigenvalue weighted by Crippen LogP contribution is 2.23. The maximum absolute atomic E-state index is 13.0. The zero-order chi connectivity index (χ0) is 11.6. The molecule has 0 heterocycles. The lowest BCUT2D eigenvalue weighted by Gasteiger charge is -2.04. The zero-order valence-electron chi connectivity index (χ0n) is 7.61. The molecule has 0 radical (unpaired) electrons. The number of rotatable bonds is 3. The summed E-state index contributed by atoms with van der Waals surface area (Å²) in [5, 5.41) is 0. The van der Waals surface area contributed by atoms with E-state index in [-0.39, 0.29) is 24.5 Å². The quantitative estimate of drug-likeness (QED) is 0.849. The minimum atomic E-state index is -5.37. The summed E-state index contributed by atoms with van der Waals surface area (Å²) in [7, 11) is -5.37. The smallest absolute Gasteiger partial charge is 0.355 e. The molecule has 1 aromatic rings. The van der Waals surface area contributed by atoms with Gasteiger partial charge in [-0.05, 0) is 6.07 Å². The van der Waals surface area contributed by atoms with Gasteiger partial charge in [0.25, 0.3) is 0 Å². The second kappa shape index (κ2) is 5.37. The number of halogens is 4. The van der Waals surface area contributed by atoms with Crippen LogP contribution in [0.15, 0.2) is 12.1 Å². The second-order valence-electron chi connectivity index (χ2n) is 2.55. The monoisotopic (exact) mass is 277 g/mol. The van der Waals surface area contributed by atoms with E-state index in [1.54, 1.807) is 0 Å². The van der Waals surface area contributed by atoms with Crippen molar-refractivity contribution in [1.82, 2.24) is 0 Å². The maximum Gasteiger partial charge on any atom is 0.488 e. The summed E-state index contributed by atoms with van der Waals surface area (Å²) in [6, 6.07) is 1.05. The van der Waals surface area contributed by atoms with Crippen molar-refractivity contribution in [1.29, 1.82) is 0 Å². The number of benzene rings is 1. The third kappa shape index (κ3) is 3.87. The van der Waals surface area contributed by atoms with Crippen molar-refractivity contribution in [2.75, 3.05) is 0 Å². The molecule has 1 aromatic carbocycles. The highest BCUT2D eigenvalue weighted by Gasteiger charge is 2.16. The summed E-state index contributed by atoms with van der Waals surface area (Å²) >= 11 is 0. The van der Waals surface area contributed by atoms with Crippen LogP contribution in [0.4, 0.5) is 12.7 Å². The van der Waals surface area contributed by atoms with Gasteiger partial charge in [-0.1, -0.05) is 3.89 Å². The van der Waals surface area contributed by atoms with Crippen LogP contribution in [0.1, 0.15) is 5.56 Å². The van der Waals surface area contributed by atoms with Crippen LogP contribution in [0.25, 0.3) is 0 Å². The van der Waals surface area contributed by atoms with E-state index < -0.39 is 27.9 Å². The Morgan fingerprint density at radius 2 is 1.81 bits per heavy atom. The van der Waals surface area contributed by atoms with Gasteiger partial charge in [0.05, 0.1) is 0 Å². The van der Waals surface area contributed by atoms with Crippen molar-refractivity contribution >= 4 is 22.9 Å². The van der Waals surface area contributed by atoms with Crippen LogP contribution < -0.4 is 9.92 Å². The van der Waals surface area contributed by atoms with Gasteiger partial charge in [-0.3, -0.25) is 0 Å². The summed E-state index contributed by atoms with van der Waals surface area (Å²) in [6.07, 6.45) is 0. The molecular formula is C7H7ClF3NO3S. The maximum atomic E-state index is 13.0. The van der Waals surface area contributed by atoms with Crippen molar-refractivity contribution in [2.45, 2.75) is 6.54 Å². The van der Waals surface area contributed by atoms with E-state index in [1.165, 1.54) is 0 Å². The Bertz CT molecular complexity index is 480. The van der Waals surface area contributed by atoms with Gasteiger partial charge in [0, 0.05) is 18.2 Å². The van der Waals surface area contributed by atoms with Crippen molar-refractivity contribution in [3.63, 3.8) is 0 Å². The van der Waals surface area contributed by atoms with E-state index in [9.17, 15) is 21.1 Å². The molecule has 0 aliphatic heterocycles. The Hall–Kier alpha value is -0.990. The Labute approximate surface area is 96.0 Å². The fourth-order valence-electron chi connectivity index (χ4n) is 0.897. The summed E-state index contributed by atoms with van der Waals surface area (Å²) < 4.78 is 61.5. The third-order valence-corrected chi connectivity index (χ3v) is 1.89. The lowest BCUT2D eigenvalue weighted by molar-refractivity contribution is 0.420. The fourth-order valence-corrected chi connectivity index (χ4v) is 1.24. The number of hydrogen-bond donors (Lipinski definition) is 1. The molecule has 16 heavy (non-hydrogen) atoms. The van der Waals surface area contributed by atoms with Crippen LogP contribution in [0, 0.1) is 11.6 Å². The molecule has 0 bridgehead atoms. The van der Waals surface area contributed by atoms with Crippen LogP contribution in [0.5, 0.6) is 5.75 Å². The van der Waals surface area contributed by atoms with Gasteiger partial charge in [0.2, 0.25) is 0 Å². The molecule has 0 spiro atoms. The molecule has 4 nitrogen and oxygen atoms in total. The molecule has 1 rings (SSSR count). The molecule has 9 heteroatoms. The van der Waals surface area contributed by atoms with E-state index in [4.69, 9.17) is 5.73 Å². The summed E-state index contributed by atoms with van der Waals surface area (Å²) in [4.78, 5) is 0. The standard InChI is InChI=1S/C7H6F3NO3S.ClH/c8-5-2-7(14-15(10,12)13)6(9)1-4(5)3-11;/h1-2H,3,11H2;1H. The SMILES string of the molecule is Cl.NCc1cc(F)c(OS(=O)(=O)F)cc1F. The van der Waals surface area contributed by atoms with E-state index in [1.807, 2.05) is 0 Å². The first-order chi connectivity index (χ1) is 6.83. The molecule has 0 amide bonds. The molecule has 0 saturated heterocycles. The largest absolute Gasteiger partial charge is 0.488 e. The van der Waals surface area contributed by atoms with Gasteiger partial charge in [0.15, 0.2) is 11.6 Å². The van der Waals surface area contributed by atoms with Gasteiger partial charge in [0.1, 0.15) is 5.82 Å². The highest BCUT2D eigenvalue weighted by molar-refractivity contribution is 7.81. The molecule has 0 atom stereocenters. The Kier molecular flexibility index (Phi) is 5.04. The van der Waals surface area contributed by atoms with Crippen LogP contribution in [0.3, 0.4) is 0 Å². The van der Waals surface area contributed by atoms with Crippen LogP contribution >= 0.6 is 12.4 Å². The first kappa shape index (κ1) is 15.0. The second-order valence-corrected chi connectivity index (χ2v) is 3.51. The molecule has 0 aromatic heterocycles. The van der Waals surface area contributed by atoms with Crippen molar-refractivity contribution in [2.24, 2.45) is 5.73 Å². The molecule has 0 aliphatic rings. The molecule has 2 N–H and O–H groups in total. The van der Waals surface area contributed by atoms with Gasteiger partial charge >= 0.3 is 10.5 Å². The van der Waals surface area contributed by atoms with Crippen LogP contribution in [0.2, 0.25) is 0 Å². The highest BCUT2D eigenvalue weighted by atomic mass is 35.5. The van der Waals surface area contributed by atoms with Gasteiger partial charge in [-0.2, -0.15) is 8.42 Å². The van der Waals surface area contributed by atoms with E-state index >= 15 is 0 Å². The first-order valence-electron chi connectivity index (χ1n) is 3.65. The van der Waals surface area contributed by atoms with Gasteiger partial charge in [-0.25, -0.2) is 8.78 Å². The predicted molar refractivity (Wildman–Crippen MR) is 52.2 cm³/mol. The topological polar surface area (TPSA) is 69.4 Å². The number of hydrogen-bond acceptors (Lipinski definition) is 4. The van der Waals surface area contributed by atoms with Crippen molar-refractivity contribution in [3.05, 3.63) is 29.3 Å². The fraction of sp³-hybridized carbons (Fsp3) is 0.143. The van der Waals surface area contributed by atoms with Gasteiger partial charge < -0.3 is 9.92 Å². The van der Waals surface area contributed by atoms with E-state index in [2.05, 4.69) is 4.18 Å². The van der Waals surface area contributed by atoms with E-state index in [0.717, 1.165) is 0 Å². The lowest BCUT2D eigenvalue weighted by atomic mass is 10.2. The minimum absolute atomic E-state index is 0. The summed E-state index contributed by atoms with van der Waals surface area (Å²) in [5.74, 6) is -3.23. The summed E-state index contributed by atoms with van der Waals surface area (Å²) in [6.45, 7) is -0.272. The summed E-state index contributed by atoms with van der Waals surface area (Å²) in [5.41, 5.74) is 4.89. The third-order valence-electron chi connectivity index (χ3n) is 1.51. The molecule has 92 valence electrons. The molecule has 0 saturated carbocycles. The van der Waals surface area contributed by atoms with Crippen molar-refractivity contribution in [3.8, 4) is 5.75 Å². The van der Waals surface area contributed by atoms with Crippen LogP contribution in [-0.4, -0.2) is 8.42 Å². The van der Waals surface area contributed by atoms with Gasteiger partial charge in [-0.15, -0.1) is 12.4 Å². The normalized spacial score (nSPS) is 10.8. The average molecular weight is 278 g/mol. The molecular weight excluding hydrogens is 271 g/mol. The molecule has 0 fully saturated rings.